The van der Waals surface area contributed by atoms with Gasteiger partial charge in [0, 0.05) is 6.08 Å². The van der Waals surface area contributed by atoms with Crippen LogP contribution in [0.2, 0.25) is 0 Å². The fraction of sp³-hybridized carbons (Fsp3) is 0.333. The molecule has 0 aliphatic rings. The van der Waals surface area contributed by atoms with Gasteiger partial charge in [-0.2, -0.15) is 0 Å². The number of benzene rings is 1. The summed E-state index contributed by atoms with van der Waals surface area (Å²) in [4.78, 5) is 23.2. The molecule has 4 heteroatoms. The standard InChI is InChI=1S/C15H19NO3/c1-11(2)14(15(18)19-3)16-13(17)10-9-12-7-5-4-6-8-12/h4-11,14H,1-3H3,(H,16,17)/t14-/m0/s1. The maximum Gasteiger partial charge on any atom is 0.328 e. The third-order valence-corrected chi connectivity index (χ3v) is 2.65. The number of esters is 1. The van der Waals surface area contributed by atoms with E-state index in [0.29, 0.717) is 0 Å². The summed E-state index contributed by atoms with van der Waals surface area (Å²) in [5.74, 6) is -0.772. The molecule has 4 nitrogen and oxygen atoms in total. The Morgan fingerprint density at radius 2 is 1.84 bits per heavy atom. The smallest absolute Gasteiger partial charge is 0.328 e. The Bertz CT molecular complexity index is 452. The van der Waals surface area contributed by atoms with Crippen molar-refractivity contribution in [2.24, 2.45) is 5.92 Å². The van der Waals surface area contributed by atoms with Gasteiger partial charge in [0.15, 0.2) is 0 Å². The van der Waals surface area contributed by atoms with E-state index in [9.17, 15) is 9.59 Å². The number of rotatable bonds is 5. The van der Waals surface area contributed by atoms with Crippen molar-refractivity contribution < 1.29 is 14.3 Å². The minimum absolute atomic E-state index is 0.0264. The predicted octanol–water partition coefficient (Wildman–Crippen LogP) is 2.01. The molecule has 0 spiro atoms. The maximum atomic E-state index is 11.7. The van der Waals surface area contributed by atoms with Crippen LogP contribution in [0.4, 0.5) is 0 Å². The summed E-state index contributed by atoms with van der Waals surface area (Å²) in [5, 5.41) is 2.64. The SMILES string of the molecule is COC(=O)[C@@H](NC(=O)C=Cc1ccccc1)C(C)C. The quantitative estimate of drug-likeness (QED) is 0.651. The molecule has 0 aliphatic carbocycles. The van der Waals surface area contributed by atoms with Crippen LogP contribution in [0.1, 0.15) is 19.4 Å². The van der Waals surface area contributed by atoms with Crippen LogP contribution in [-0.2, 0) is 14.3 Å². The van der Waals surface area contributed by atoms with Gasteiger partial charge in [-0.3, -0.25) is 4.79 Å². The summed E-state index contributed by atoms with van der Waals surface area (Å²) >= 11 is 0. The highest BCUT2D eigenvalue weighted by molar-refractivity contribution is 5.94. The first-order chi connectivity index (χ1) is 9.04. The summed E-state index contributed by atoms with van der Waals surface area (Å²) < 4.78 is 4.66. The van der Waals surface area contributed by atoms with E-state index in [1.54, 1.807) is 6.08 Å². The van der Waals surface area contributed by atoms with Crippen molar-refractivity contribution in [3.05, 3.63) is 42.0 Å². The minimum atomic E-state index is -0.627. The van der Waals surface area contributed by atoms with Gasteiger partial charge in [0.1, 0.15) is 6.04 Å². The lowest BCUT2D eigenvalue weighted by Gasteiger charge is -2.18. The topological polar surface area (TPSA) is 55.4 Å². The third-order valence-electron chi connectivity index (χ3n) is 2.65. The number of hydrogen-bond acceptors (Lipinski definition) is 3. The fourth-order valence-electron chi connectivity index (χ4n) is 1.56. The molecule has 0 unspecified atom stereocenters. The number of carbonyl (C=O) groups excluding carboxylic acids is 2. The monoisotopic (exact) mass is 261 g/mol. The van der Waals surface area contributed by atoms with E-state index in [1.165, 1.54) is 13.2 Å². The van der Waals surface area contributed by atoms with Gasteiger partial charge in [0.05, 0.1) is 7.11 Å². The van der Waals surface area contributed by atoms with Gasteiger partial charge in [-0.25, -0.2) is 4.79 Å². The normalized spacial score (nSPS) is 12.4. The molecule has 1 amide bonds. The molecule has 0 saturated heterocycles. The van der Waals surface area contributed by atoms with E-state index in [-0.39, 0.29) is 11.8 Å². The minimum Gasteiger partial charge on any atom is -0.467 e. The van der Waals surface area contributed by atoms with E-state index in [4.69, 9.17) is 0 Å². The summed E-state index contributed by atoms with van der Waals surface area (Å²) in [5.41, 5.74) is 0.928. The molecular formula is C15H19NO3. The molecule has 0 bridgehead atoms. The van der Waals surface area contributed by atoms with Crippen LogP contribution in [0, 0.1) is 5.92 Å². The highest BCUT2D eigenvalue weighted by Crippen LogP contribution is 2.04. The van der Waals surface area contributed by atoms with Gasteiger partial charge >= 0.3 is 5.97 Å². The molecule has 19 heavy (non-hydrogen) atoms. The maximum absolute atomic E-state index is 11.7. The average Bonchev–Trinajstić information content (AvgIpc) is 2.42. The zero-order valence-corrected chi connectivity index (χ0v) is 11.4. The van der Waals surface area contributed by atoms with Crippen LogP contribution in [0.15, 0.2) is 36.4 Å². The summed E-state index contributed by atoms with van der Waals surface area (Å²) in [6, 6.07) is 8.85. The molecule has 0 aromatic heterocycles. The summed E-state index contributed by atoms with van der Waals surface area (Å²) in [6.45, 7) is 3.70. The highest BCUT2D eigenvalue weighted by Gasteiger charge is 2.23. The number of hydrogen-bond donors (Lipinski definition) is 1. The van der Waals surface area contributed by atoms with Crippen molar-refractivity contribution in [3.8, 4) is 0 Å². The lowest BCUT2D eigenvalue weighted by Crippen LogP contribution is -2.44. The second-order valence-electron chi connectivity index (χ2n) is 4.50. The molecule has 0 aliphatic heterocycles. The molecule has 0 heterocycles. The lowest BCUT2D eigenvalue weighted by molar-refractivity contribution is -0.145. The first-order valence-electron chi connectivity index (χ1n) is 6.16. The van der Waals surface area contributed by atoms with Gasteiger partial charge in [-0.15, -0.1) is 0 Å². The Morgan fingerprint density at radius 3 is 2.37 bits per heavy atom. The molecule has 0 radical (unpaired) electrons. The number of nitrogens with one attached hydrogen (secondary N) is 1. The van der Waals surface area contributed by atoms with Gasteiger partial charge in [0.2, 0.25) is 5.91 Å². The molecule has 1 aromatic carbocycles. The van der Waals surface area contributed by atoms with Crippen LogP contribution < -0.4 is 5.32 Å². The van der Waals surface area contributed by atoms with E-state index in [1.807, 2.05) is 44.2 Å². The Kier molecular flexibility index (Phi) is 5.79. The van der Waals surface area contributed by atoms with Crippen LogP contribution >= 0.6 is 0 Å². The van der Waals surface area contributed by atoms with Crippen molar-refractivity contribution in [2.75, 3.05) is 7.11 Å². The van der Waals surface area contributed by atoms with Gasteiger partial charge in [-0.05, 0) is 17.6 Å². The molecule has 102 valence electrons. The third kappa shape index (κ3) is 4.95. The van der Waals surface area contributed by atoms with Gasteiger partial charge in [-0.1, -0.05) is 44.2 Å². The number of ether oxygens (including phenoxy) is 1. The molecule has 0 fully saturated rings. The Balaban J connectivity index is 2.63. The molecule has 1 rings (SSSR count). The van der Waals surface area contributed by atoms with E-state index in [2.05, 4.69) is 10.1 Å². The second kappa shape index (κ2) is 7.36. The number of carbonyl (C=O) groups is 2. The van der Waals surface area contributed by atoms with Crippen LogP contribution in [-0.4, -0.2) is 25.0 Å². The molecule has 1 aromatic rings. The Hall–Kier alpha value is -2.10. The average molecular weight is 261 g/mol. The van der Waals surface area contributed by atoms with Crippen LogP contribution in [0.3, 0.4) is 0 Å². The largest absolute Gasteiger partial charge is 0.467 e. The van der Waals surface area contributed by atoms with Gasteiger partial charge < -0.3 is 10.1 Å². The Labute approximate surface area is 113 Å². The lowest BCUT2D eigenvalue weighted by atomic mass is 10.0. The van der Waals surface area contributed by atoms with E-state index >= 15 is 0 Å². The van der Waals surface area contributed by atoms with Crippen molar-refractivity contribution in [1.82, 2.24) is 5.32 Å². The highest BCUT2D eigenvalue weighted by atomic mass is 16.5. The van der Waals surface area contributed by atoms with Gasteiger partial charge in [0.25, 0.3) is 0 Å². The predicted molar refractivity (Wildman–Crippen MR) is 74.3 cm³/mol. The van der Waals surface area contributed by atoms with Crippen molar-refractivity contribution >= 4 is 18.0 Å². The van der Waals surface area contributed by atoms with Crippen molar-refractivity contribution in [3.63, 3.8) is 0 Å². The van der Waals surface area contributed by atoms with Crippen LogP contribution in [0.25, 0.3) is 6.08 Å². The van der Waals surface area contributed by atoms with Crippen molar-refractivity contribution in [2.45, 2.75) is 19.9 Å². The second-order valence-corrected chi connectivity index (χ2v) is 4.50. The number of amides is 1. The molecule has 1 atom stereocenters. The van der Waals surface area contributed by atoms with E-state index < -0.39 is 12.0 Å². The van der Waals surface area contributed by atoms with E-state index in [0.717, 1.165) is 5.56 Å². The van der Waals surface area contributed by atoms with Crippen molar-refractivity contribution in [1.29, 1.82) is 0 Å². The Morgan fingerprint density at radius 1 is 1.21 bits per heavy atom. The summed E-state index contributed by atoms with van der Waals surface area (Å²) in [7, 11) is 1.31. The first kappa shape index (κ1) is 15.0. The fourth-order valence-corrected chi connectivity index (χ4v) is 1.56. The zero-order valence-electron chi connectivity index (χ0n) is 11.4. The molecule has 1 N–H and O–H groups in total. The van der Waals surface area contributed by atoms with Crippen LogP contribution in [0.5, 0.6) is 0 Å². The molecular weight excluding hydrogens is 242 g/mol. The first-order valence-corrected chi connectivity index (χ1v) is 6.16. The number of methoxy groups -OCH3 is 1. The zero-order chi connectivity index (χ0) is 14.3. The summed E-state index contributed by atoms with van der Waals surface area (Å²) in [6.07, 6.45) is 3.11. The molecule has 0 saturated carbocycles.